The van der Waals surface area contributed by atoms with E-state index in [1.54, 1.807) is 0 Å². The maximum atomic E-state index is 9.18. The molecule has 4 heteroatoms. The van der Waals surface area contributed by atoms with Gasteiger partial charge >= 0.3 is 0 Å². The fraction of sp³-hybridized carbons (Fsp3) is 1.00. The van der Waals surface area contributed by atoms with Gasteiger partial charge in [-0.3, -0.25) is 9.80 Å². The Morgan fingerprint density at radius 3 is 2.94 bits per heavy atom. The molecule has 2 rings (SSSR count). The molecule has 100 valence electrons. The van der Waals surface area contributed by atoms with Crippen LogP contribution in [0.25, 0.3) is 0 Å². The van der Waals surface area contributed by atoms with Crippen LogP contribution in [0.15, 0.2) is 0 Å². The number of nitrogens with one attached hydrogen (secondary N) is 1. The Morgan fingerprint density at radius 1 is 1.41 bits per heavy atom. The summed E-state index contributed by atoms with van der Waals surface area (Å²) in [6.07, 6.45) is 3.80. The molecular weight excluding hydrogens is 214 g/mol. The lowest BCUT2D eigenvalue weighted by atomic mass is 10.1. The molecule has 0 spiro atoms. The van der Waals surface area contributed by atoms with Gasteiger partial charge in [0.05, 0.1) is 6.61 Å². The molecule has 0 radical (unpaired) electrons. The largest absolute Gasteiger partial charge is 0.395 e. The molecule has 2 heterocycles. The van der Waals surface area contributed by atoms with Gasteiger partial charge in [-0.1, -0.05) is 0 Å². The lowest BCUT2D eigenvalue weighted by Gasteiger charge is -2.42. The van der Waals surface area contributed by atoms with Crippen molar-refractivity contribution < 1.29 is 5.11 Å². The van der Waals surface area contributed by atoms with E-state index in [-0.39, 0.29) is 12.6 Å². The molecule has 3 atom stereocenters. The molecule has 0 aromatic rings. The molecule has 4 nitrogen and oxygen atoms in total. The highest BCUT2D eigenvalue weighted by Crippen LogP contribution is 2.24. The number of piperazine rings is 1. The van der Waals surface area contributed by atoms with Crippen LogP contribution in [0.5, 0.6) is 0 Å². The zero-order valence-electron chi connectivity index (χ0n) is 11.2. The monoisotopic (exact) mass is 241 g/mol. The minimum absolute atomic E-state index is 0.244. The molecule has 2 N–H and O–H groups in total. The molecule has 0 aromatic heterocycles. The average molecular weight is 241 g/mol. The highest BCUT2D eigenvalue weighted by molar-refractivity contribution is 4.90. The maximum absolute atomic E-state index is 9.18. The van der Waals surface area contributed by atoms with Crippen LogP contribution in [-0.4, -0.2) is 72.9 Å². The van der Waals surface area contributed by atoms with Crippen LogP contribution in [0.1, 0.15) is 26.2 Å². The summed E-state index contributed by atoms with van der Waals surface area (Å²) in [7, 11) is 1.93. The number of fused-ring (bicyclic) bond motifs is 1. The van der Waals surface area contributed by atoms with Crippen molar-refractivity contribution in [2.45, 2.75) is 44.3 Å². The smallest absolute Gasteiger partial charge is 0.0585 e. The van der Waals surface area contributed by atoms with E-state index in [1.165, 1.54) is 32.5 Å². The zero-order valence-corrected chi connectivity index (χ0v) is 11.2. The lowest BCUT2D eigenvalue weighted by molar-refractivity contribution is 0.0551. The van der Waals surface area contributed by atoms with Crippen LogP contribution in [0.2, 0.25) is 0 Å². The zero-order chi connectivity index (χ0) is 12.3. The first-order valence-electron chi connectivity index (χ1n) is 7.00. The topological polar surface area (TPSA) is 38.7 Å². The molecule has 2 aliphatic heterocycles. The minimum Gasteiger partial charge on any atom is -0.395 e. The predicted molar refractivity (Wildman–Crippen MR) is 70.2 cm³/mol. The molecule has 2 saturated heterocycles. The Bertz CT molecular complexity index is 233. The predicted octanol–water partition coefficient (Wildman–Crippen LogP) is 0.125. The Balaban J connectivity index is 1.80. The molecule has 0 aliphatic carbocycles. The summed E-state index contributed by atoms with van der Waals surface area (Å²) in [5.41, 5.74) is 0. The van der Waals surface area contributed by atoms with E-state index in [0.29, 0.717) is 6.04 Å². The summed E-state index contributed by atoms with van der Waals surface area (Å²) >= 11 is 0. The van der Waals surface area contributed by atoms with E-state index < -0.39 is 0 Å². The number of hydrogen-bond donors (Lipinski definition) is 2. The third-order valence-electron chi connectivity index (χ3n) is 4.46. The molecule has 0 bridgehead atoms. The Hall–Kier alpha value is -0.160. The van der Waals surface area contributed by atoms with Crippen LogP contribution in [0, 0.1) is 0 Å². The van der Waals surface area contributed by atoms with Gasteiger partial charge in [0.25, 0.3) is 0 Å². The van der Waals surface area contributed by atoms with Crippen LogP contribution in [0.4, 0.5) is 0 Å². The van der Waals surface area contributed by atoms with E-state index in [4.69, 9.17) is 0 Å². The van der Waals surface area contributed by atoms with Gasteiger partial charge in [0.15, 0.2) is 0 Å². The van der Waals surface area contributed by atoms with Gasteiger partial charge in [-0.05, 0) is 39.8 Å². The molecule has 3 unspecified atom stereocenters. The normalized spacial score (nSPS) is 32.6. The van der Waals surface area contributed by atoms with Crippen molar-refractivity contribution >= 4 is 0 Å². The van der Waals surface area contributed by atoms with E-state index in [9.17, 15) is 5.11 Å². The van der Waals surface area contributed by atoms with Crippen molar-refractivity contribution in [2.24, 2.45) is 0 Å². The molecule has 0 saturated carbocycles. The van der Waals surface area contributed by atoms with Gasteiger partial charge in [0.2, 0.25) is 0 Å². The van der Waals surface area contributed by atoms with Gasteiger partial charge in [-0.25, -0.2) is 0 Å². The van der Waals surface area contributed by atoms with Crippen LogP contribution < -0.4 is 5.32 Å². The SMILES string of the molecule is CNC(CO)CCN1CC2CCCN2CC1C. The number of aliphatic hydroxyl groups excluding tert-OH is 1. The van der Waals surface area contributed by atoms with Crippen molar-refractivity contribution in [2.75, 3.05) is 39.8 Å². The minimum atomic E-state index is 0.244. The van der Waals surface area contributed by atoms with E-state index >= 15 is 0 Å². The Morgan fingerprint density at radius 2 is 2.24 bits per heavy atom. The highest BCUT2D eigenvalue weighted by Gasteiger charge is 2.34. The first-order chi connectivity index (χ1) is 8.24. The average Bonchev–Trinajstić information content (AvgIpc) is 2.77. The van der Waals surface area contributed by atoms with Crippen molar-refractivity contribution in [3.05, 3.63) is 0 Å². The second-order valence-electron chi connectivity index (χ2n) is 5.59. The van der Waals surface area contributed by atoms with Gasteiger partial charge in [-0.15, -0.1) is 0 Å². The van der Waals surface area contributed by atoms with Gasteiger partial charge in [0, 0.05) is 37.8 Å². The Labute approximate surface area is 105 Å². The number of likely N-dealkylation sites (N-methyl/N-ethyl adjacent to an activating group) is 1. The number of nitrogens with zero attached hydrogens (tertiary/aromatic N) is 2. The summed E-state index contributed by atoms with van der Waals surface area (Å²) in [4.78, 5) is 5.26. The van der Waals surface area contributed by atoms with Gasteiger partial charge in [0.1, 0.15) is 0 Å². The van der Waals surface area contributed by atoms with Crippen LogP contribution in [-0.2, 0) is 0 Å². The summed E-state index contributed by atoms with van der Waals surface area (Å²) in [5, 5.41) is 12.3. The van der Waals surface area contributed by atoms with Crippen LogP contribution in [0.3, 0.4) is 0 Å². The first kappa shape index (κ1) is 13.3. The van der Waals surface area contributed by atoms with Crippen molar-refractivity contribution in [3.63, 3.8) is 0 Å². The molecule has 2 aliphatic rings. The highest BCUT2D eigenvalue weighted by atomic mass is 16.3. The molecule has 2 fully saturated rings. The maximum Gasteiger partial charge on any atom is 0.0585 e. The second kappa shape index (κ2) is 6.14. The molecular formula is C13H27N3O. The summed E-state index contributed by atoms with van der Waals surface area (Å²) in [5.74, 6) is 0. The molecule has 0 aromatic carbocycles. The van der Waals surface area contributed by atoms with Crippen LogP contribution >= 0.6 is 0 Å². The second-order valence-corrected chi connectivity index (χ2v) is 5.59. The summed E-state index contributed by atoms with van der Waals surface area (Å²) in [6.45, 7) is 7.45. The van der Waals surface area contributed by atoms with Crippen molar-refractivity contribution in [1.29, 1.82) is 0 Å². The third-order valence-corrected chi connectivity index (χ3v) is 4.46. The Kier molecular flexibility index (Phi) is 4.79. The summed E-state index contributed by atoms with van der Waals surface area (Å²) in [6, 6.07) is 1.72. The molecule has 17 heavy (non-hydrogen) atoms. The van der Waals surface area contributed by atoms with E-state index in [0.717, 1.165) is 19.0 Å². The summed E-state index contributed by atoms with van der Waals surface area (Å²) < 4.78 is 0. The molecule has 0 amide bonds. The fourth-order valence-electron chi connectivity index (χ4n) is 3.21. The van der Waals surface area contributed by atoms with Crippen molar-refractivity contribution in [1.82, 2.24) is 15.1 Å². The standard InChI is InChI=1S/C13H27N3O/c1-11-8-16-6-3-4-13(16)9-15(11)7-5-12(10-17)14-2/h11-14,17H,3-10H2,1-2H3. The van der Waals surface area contributed by atoms with E-state index in [2.05, 4.69) is 22.0 Å². The third kappa shape index (κ3) is 3.19. The lowest BCUT2D eigenvalue weighted by Crippen LogP contribution is -2.55. The van der Waals surface area contributed by atoms with Gasteiger partial charge < -0.3 is 10.4 Å². The number of hydrogen-bond acceptors (Lipinski definition) is 4. The number of rotatable bonds is 5. The first-order valence-corrected chi connectivity index (χ1v) is 7.00. The van der Waals surface area contributed by atoms with Gasteiger partial charge in [-0.2, -0.15) is 0 Å². The number of aliphatic hydroxyl groups is 1. The fourth-order valence-corrected chi connectivity index (χ4v) is 3.21. The van der Waals surface area contributed by atoms with Crippen molar-refractivity contribution in [3.8, 4) is 0 Å². The quantitative estimate of drug-likeness (QED) is 0.717. The van der Waals surface area contributed by atoms with E-state index in [1.807, 2.05) is 7.05 Å².